The highest BCUT2D eigenvalue weighted by molar-refractivity contribution is 8.76. The average molecular weight is 555 g/mol. The van der Waals surface area contributed by atoms with Crippen LogP contribution in [0.25, 0.3) is 22.6 Å². The quantitative estimate of drug-likeness (QED) is 0.179. The monoisotopic (exact) mass is 554 g/mol. The molecule has 0 fully saturated rings. The molecule has 0 aliphatic heterocycles. The predicted octanol–water partition coefficient (Wildman–Crippen LogP) is 4.56. The minimum atomic E-state index is -0.298. The van der Waals surface area contributed by atoms with Gasteiger partial charge in [0.2, 0.25) is 0 Å². The number of methoxy groups -OCH3 is 2. The van der Waals surface area contributed by atoms with E-state index in [1.807, 2.05) is 48.5 Å². The van der Waals surface area contributed by atoms with Crippen LogP contribution in [-0.4, -0.2) is 60.9 Å². The van der Waals surface area contributed by atoms with Crippen LogP contribution in [0.1, 0.15) is 21.0 Å². The third-order valence-electron chi connectivity index (χ3n) is 5.26. The average Bonchev–Trinajstić information content (AvgIpc) is 3.65. The zero-order chi connectivity index (χ0) is 26.7. The summed E-state index contributed by atoms with van der Waals surface area (Å²) < 4.78 is 20.9. The summed E-state index contributed by atoms with van der Waals surface area (Å²) in [6, 6.07) is 17.8. The van der Waals surface area contributed by atoms with Crippen LogP contribution in [-0.2, 0) is 0 Å². The predicted molar refractivity (Wildman–Crippen MR) is 147 cm³/mol. The molecule has 12 heteroatoms. The molecule has 0 unspecified atom stereocenters. The van der Waals surface area contributed by atoms with E-state index in [1.54, 1.807) is 47.9 Å². The number of amides is 2. The summed E-state index contributed by atoms with van der Waals surface area (Å²) in [5.41, 5.74) is 2.05. The maximum atomic E-state index is 12.3. The minimum Gasteiger partial charge on any atom is -0.497 e. The molecule has 198 valence electrons. The molecule has 2 heterocycles. The second kappa shape index (κ2) is 13.6. The van der Waals surface area contributed by atoms with E-state index in [1.165, 1.54) is 0 Å². The van der Waals surface area contributed by atoms with E-state index >= 15 is 0 Å². The van der Waals surface area contributed by atoms with Gasteiger partial charge in [0.15, 0.2) is 22.9 Å². The van der Waals surface area contributed by atoms with Crippen molar-refractivity contribution < 1.29 is 28.1 Å². The summed E-state index contributed by atoms with van der Waals surface area (Å²) in [5.74, 6) is 3.28. The molecule has 38 heavy (non-hydrogen) atoms. The lowest BCUT2D eigenvalue weighted by Gasteiger charge is -2.04. The van der Waals surface area contributed by atoms with Crippen molar-refractivity contribution in [1.82, 2.24) is 20.9 Å². The van der Waals surface area contributed by atoms with Gasteiger partial charge in [-0.15, -0.1) is 0 Å². The first-order chi connectivity index (χ1) is 18.6. The molecule has 2 aromatic carbocycles. The van der Waals surface area contributed by atoms with E-state index in [0.717, 1.165) is 22.6 Å². The van der Waals surface area contributed by atoms with Gasteiger partial charge in [-0.05, 0) is 48.5 Å². The number of aromatic nitrogens is 2. The Kier molecular flexibility index (Phi) is 9.71. The first kappa shape index (κ1) is 27.1. The van der Waals surface area contributed by atoms with Crippen LogP contribution >= 0.6 is 21.6 Å². The Balaban J connectivity index is 1.09. The Morgan fingerprint density at radius 3 is 1.47 bits per heavy atom. The van der Waals surface area contributed by atoms with E-state index in [2.05, 4.69) is 20.9 Å². The van der Waals surface area contributed by atoms with Gasteiger partial charge in [-0.3, -0.25) is 9.59 Å². The number of nitrogens with one attached hydrogen (secondary N) is 2. The molecule has 0 saturated carbocycles. The first-order valence-electron chi connectivity index (χ1n) is 11.6. The maximum absolute atomic E-state index is 12.3. The fourth-order valence-electron chi connectivity index (χ4n) is 3.26. The van der Waals surface area contributed by atoms with Crippen molar-refractivity contribution in [3.63, 3.8) is 0 Å². The highest BCUT2D eigenvalue weighted by atomic mass is 33.1. The van der Waals surface area contributed by atoms with Gasteiger partial charge in [-0.1, -0.05) is 31.9 Å². The number of nitrogens with zero attached hydrogens (tertiary/aromatic N) is 2. The van der Waals surface area contributed by atoms with Crippen LogP contribution in [0.15, 0.2) is 69.7 Å². The molecule has 0 saturated heterocycles. The molecule has 4 rings (SSSR count). The van der Waals surface area contributed by atoms with Crippen LogP contribution in [0.4, 0.5) is 0 Å². The van der Waals surface area contributed by atoms with Crippen LogP contribution < -0.4 is 20.1 Å². The summed E-state index contributed by atoms with van der Waals surface area (Å²) in [6.07, 6.45) is 0. The molecular weight excluding hydrogens is 528 g/mol. The molecule has 2 aromatic heterocycles. The highest BCUT2D eigenvalue weighted by Gasteiger charge is 2.15. The molecular formula is C26H26N4O6S2. The van der Waals surface area contributed by atoms with E-state index in [9.17, 15) is 9.59 Å². The Hall–Kier alpha value is -3.90. The normalized spacial score (nSPS) is 10.7. The van der Waals surface area contributed by atoms with Gasteiger partial charge in [-0.2, -0.15) is 0 Å². The van der Waals surface area contributed by atoms with E-state index in [4.69, 9.17) is 18.5 Å². The Bertz CT molecular complexity index is 1230. The third-order valence-corrected chi connectivity index (χ3v) is 7.67. The SMILES string of the molecule is COc1ccc(-c2cc(C(=O)NCCSSCCNC(=O)c3cc(-c4ccc(OC)cc4)on3)no2)cc1. The van der Waals surface area contributed by atoms with Gasteiger partial charge in [-0.25, -0.2) is 0 Å². The number of hydrogen-bond acceptors (Lipinski definition) is 10. The van der Waals surface area contributed by atoms with Crippen molar-refractivity contribution in [2.24, 2.45) is 0 Å². The van der Waals surface area contributed by atoms with Gasteiger partial charge in [0.25, 0.3) is 11.8 Å². The molecule has 0 radical (unpaired) electrons. The Morgan fingerprint density at radius 2 is 1.11 bits per heavy atom. The fourth-order valence-corrected chi connectivity index (χ4v) is 5.07. The largest absolute Gasteiger partial charge is 0.497 e. The Morgan fingerprint density at radius 1 is 0.711 bits per heavy atom. The second-order valence-corrected chi connectivity index (χ2v) is 10.5. The van der Waals surface area contributed by atoms with Crippen LogP contribution in [0.2, 0.25) is 0 Å². The molecule has 2 amide bonds. The topological polar surface area (TPSA) is 129 Å². The third kappa shape index (κ3) is 7.33. The molecule has 0 bridgehead atoms. The van der Waals surface area contributed by atoms with Crippen LogP contribution in [0.5, 0.6) is 11.5 Å². The smallest absolute Gasteiger partial charge is 0.273 e. The van der Waals surface area contributed by atoms with Crippen molar-refractivity contribution in [1.29, 1.82) is 0 Å². The van der Waals surface area contributed by atoms with Gasteiger partial charge in [0.1, 0.15) is 11.5 Å². The van der Waals surface area contributed by atoms with E-state index < -0.39 is 0 Å². The molecule has 4 aromatic rings. The lowest BCUT2D eigenvalue weighted by atomic mass is 10.1. The van der Waals surface area contributed by atoms with E-state index in [-0.39, 0.29) is 23.2 Å². The van der Waals surface area contributed by atoms with Crippen molar-refractivity contribution in [3.8, 4) is 34.1 Å². The fraction of sp³-hybridized carbons (Fsp3) is 0.231. The number of rotatable bonds is 13. The molecule has 2 N–H and O–H groups in total. The van der Waals surface area contributed by atoms with Gasteiger partial charge >= 0.3 is 0 Å². The maximum Gasteiger partial charge on any atom is 0.273 e. The molecule has 0 spiro atoms. The highest BCUT2D eigenvalue weighted by Crippen LogP contribution is 2.24. The van der Waals surface area contributed by atoms with Crippen molar-refractivity contribution in [2.75, 3.05) is 38.8 Å². The summed E-state index contributed by atoms with van der Waals surface area (Å²) in [5, 5.41) is 13.4. The summed E-state index contributed by atoms with van der Waals surface area (Å²) in [7, 11) is 6.39. The summed E-state index contributed by atoms with van der Waals surface area (Å²) in [4.78, 5) is 24.6. The van der Waals surface area contributed by atoms with Gasteiger partial charge in [0.05, 0.1) is 14.2 Å². The number of benzene rings is 2. The lowest BCUT2D eigenvalue weighted by Crippen LogP contribution is -2.26. The molecule has 0 atom stereocenters. The minimum absolute atomic E-state index is 0.221. The zero-order valence-electron chi connectivity index (χ0n) is 20.8. The Labute approximate surface area is 227 Å². The van der Waals surface area contributed by atoms with Gasteiger partial charge < -0.3 is 29.2 Å². The van der Waals surface area contributed by atoms with E-state index in [0.29, 0.717) is 36.1 Å². The van der Waals surface area contributed by atoms with Crippen molar-refractivity contribution >= 4 is 33.4 Å². The lowest BCUT2D eigenvalue weighted by molar-refractivity contribution is 0.0939. The number of carbonyl (C=O) groups is 2. The molecule has 10 nitrogen and oxygen atoms in total. The summed E-state index contributed by atoms with van der Waals surface area (Å²) >= 11 is 0. The number of ether oxygens (including phenoxy) is 2. The number of hydrogen-bond donors (Lipinski definition) is 2. The zero-order valence-corrected chi connectivity index (χ0v) is 22.4. The molecule has 0 aliphatic carbocycles. The second-order valence-electron chi connectivity index (χ2n) is 7.77. The molecule has 0 aliphatic rings. The standard InChI is InChI=1S/C26H26N4O6S2/c1-33-19-7-3-17(4-8-19)23-15-21(29-35-23)25(31)27-11-13-37-38-14-12-28-26(32)22-16-24(36-30-22)18-5-9-20(34-2)10-6-18/h3-10,15-16H,11-14H2,1-2H3,(H,27,31)(H,28,32). The van der Waals surface area contributed by atoms with Crippen LogP contribution in [0, 0.1) is 0 Å². The van der Waals surface area contributed by atoms with Gasteiger partial charge in [0, 0.05) is 47.9 Å². The van der Waals surface area contributed by atoms with Crippen molar-refractivity contribution in [2.45, 2.75) is 0 Å². The van der Waals surface area contributed by atoms with Crippen molar-refractivity contribution in [3.05, 3.63) is 72.1 Å². The number of carbonyl (C=O) groups excluding carboxylic acids is 2. The first-order valence-corrected chi connectivity index (χ1v) is 14.1. The summed E-state index contributed by atoms with van der Waals surface area (Å²) in [6.45, 7) is 0.946. The van der Waals surface area contributed by atoms with Crippen LogP contribution in [0.3, 0.4) is 0 Å².